The quantitative estimate of drug-likeness (QED) is 0.225. The van der Waals surface area contributed by atoms with E-state index in [0.29, 0.717) is 39.2 Å². The Labute approximate surface area is 220 Å². The Kier molecular flexibility index (Phi) is 7.15. The first-order valence-electron chi connectivity index (χ1n) is 12.5. The van der Waals surface area contributed by atoms with Crippen LogP contribution in [0.3, 0.4) is 0 Å². The van der Waals surface area contributed by atoms with Gasteiger partial charge in [0.25, 0.3) is 0 Å². The molecule has 0 spiro atoms. The maximum Gasteiger partial charge on any atom is 0.337 e. The average molecular weight is 512 g/mol. The molecular formula is C30H29N3O5. The van der Waals surface area contributed by atoms with Gasteiger partial charge in [0.1, 0.15) is 12.5 Å². The van der Waals surface area contributed by atoms with Gasteiger partial charge in [-0.25, -0.2) is 9.79 Å². The van der Waals surface area contributed by atoms with Crippen molar-refractivity contribution in [1.29, 1.82) is 0 Å². The van der Waals surface area contributed by atoms with Crippen LogP contribution in [0.4, 0.5) is 5.69 Å². The lowest BCUT2D eigenvalue weighted by molar-refractivity contribution is 0.0601. The molecule has 194 valence electrons. The first-order chi connectivity index (χ1) is 18.5. The monoisotopic (exact) mass is 511 g/mol. The van der Waals surface area contributed by atoms with Crippen molar-refractivity contribution >= 4 is 28.3 Å². The highest BCUT2D eigenvalue weighted by Crippen LogP contribution is 2.36. The second-order valence-electron chi connectivity index (χ2n) is 8.86. The number of rotatable bonds is 8. The van der Waals surface area contributed by atoms with Crippen LogP contribution in [0.5, 0.6) is 17.4 Å². The van der Waals surface area contributed by atoms with E-state index in [0.717, 1.165) is 30.9 Å². The molecule has 3 aromatic carbocycles. The van der Waals surface area contributed by atoms with Gasteiger partial charge in [-0.3, -0.25) is 4.90 Å². The molecule has 8 nitrogen and oxygen atoms in total. The minimum absolute atomic E-state index is 0.0614. The van der Waals surface area contributed by atoms with E-state index >= 15 is 0 Å². The Morgan fingerprint density at radius 2 is 1.66 bits per heavy atom. The van der Waals surface area contributed by atoms with Crippen molar-refractivity contribution in [3.8, 4) is 17.4 Å². The molecule has 8 heteroatoms. The zero-order chi connectivity index (χ0) is 26.6. The molecular weight excluding hydrogens is 482 g/mol. The van der Waals surface area contributed by atoms with E-state index in [4.69, 9.17) is 19.2 Å². The number of aromatic amines is 1. The highest BCUT2D eigenvalue weighted by Gasteiger charge is 2.22. The molecule has 0 aliphatic carbocycles. The topological polar surface area (TPSA) is 96.4 Å². The number of H-pyrrole nitrogens is 1. The van der Waals surface area contributed by atoms with E-state index in [1.165, 1.54) is 25.2 Å². The molecule has 5 rings (SSSR count). The molecule has 0 fully saturated rings. The second kappa shape index (κ2) is 10.8. The summed E-state index contributed by atoms with van der Waals surface area (Å²) in [5.74, 6) is 0.608. The van der Waals surface area contributed by atoms with Crippen molar-refractivity contribution in [2.75, 3.05) is 20.2 Å². The standard InChI is InChI=1S/C30H29N3O5/c1-4-33(5-2)18-19-6-10-22(11-7-19)31-28(20-9-13-25-26(17-20)38-15-14-37-25)27-23-12-8-21(30(35)36-3)16-24(23)32-29(27)34/h6-17,32,34H,4-5,18H2,1-3H3. The van der Waals surface area contributed by atoms with Crippen molar-refractivity contribution in [3.63, 3.8) is 0 Å². The molecule has 4 aromatic rings. The lowest BCUT2D eigenvalue weighted by atomic mass is 9.99. The molecule has 1 aliphatic rings. The number of aliphatic imine (C=N–C) groups is 1. The van der Waals surface area contributed by atoms with Crippen LogP contribution in [0.1, 0.15) is 40.9 Å². The number of methoxy groups -OCH3 is 1. The molecule has 0 saturated heterocycles. The lowest BCUT2D eigenvalue weighted by Crippen LogP contribution is -2.21. The number of aromatic nitrogens is 1. The van der Waals surface area contributed by atoms with Crippen LogP contribution < -0.4 is 9.47 Å². The zero-order valence-corrected chi connectivity index (χ0v) is 21.5. The van der Waals surface area contributed by atoms with Crippen LogP contribution >= 0.6 is 0 Å². The fourth-order valence-corrected chi connectivity index (χ4v) is 4.49. The number of hydrogen-bond acceptors (Lipinski definition) is 7. The summed E-state index contributed by atoms with van der Waals surface area (Å²) in [4.78, 5) is 22.4. The first-order valence-corrected chi connectivity index (χ1v) is 12.5. The van der Waals surface area contributed by atoms with Crippen LogP contribution in [-0.4, -0.2) is 46.9 Å². The molecule has 0 amide bonds. The van der Waals surface area contributed by atoms with E-state index in [1.54, 1.807) is 24.3 Å². The summed E-state index contributed by atoms with van der Waals surface area (Å²) < 4.78 is 16.0. The highest BCUT2D eigenvalue weighted by molar-refractivity contribution is 6.22. The molecule has 1 aromatic heterocycles. The summed E-state index contributed by atoms with van der Waals surface area (Å²) >= 11 is 0. The van der Waals surface area contributed by atoms with Crippen molar-refractivity contribution in [2.24, 2.45) is 4.99 Å². The summed E-state index contributed by atoms with van der Waals surface area (Å²) in [5, 5.41) is 11.8. The maximum atomic E-state index is 12.1. The van der Waals surface area contributed by atoms with Crippen molar-refractivity contribution < 1.29 is 24.1 Å². The highest BCUT2D eigenvalue weighted by atomic mass is 16.5. The fourth-order valence-electron chi connectivity index (χ4n) is 4.49. The zero-order valence-electron chi connectivity index (χ0n) is 21.5. The molecule has 2 heterocycles. The summed E-state index contributed by atoms with van der Waals surface area (Å²) in [6.45, 7) is 7.14. The number of fused-ring (bicyclic) bond motifs is 2. The third-order valence-corrected chi connectivity index (χ3v) is 6.58. The normalized spacial score (nSPS) is 12.8. The van der Waals surface area contributed by atoms with Crippen molar-refractivity contribution in [3.05, 3.63) is 95.4 Å². The van der Waals surface area contributed by atoms with E-state index in [1.807, 2.05) is 24.3 Å². The Hall–Kier alpha value is -4.56. The van der Waals surface area contributed by atoms with Gasteiger partial charge in [-0.05, 0) is 61.1 Å². The summed E-state index contributed by atoms with van der Waals surface area (Å²) in [5.41, 5.74) is 4.67. The molecule has 0 unspecified atom stereocenters. The fraction of sp³-hybridized carbons (Fsp3) is 0.200. The van der Waals surface area contributed by atoms with Gasteiger partial charge in [0.15, 0.2) is 17.4 Å². The summed E-state index contributed by atoms with van der Waals surface area (Å²) in [6.07, 6.45) is 2.94. The number of esters is 1. The first kappa shape index (κ1) is 25.1. The van der Waals surface area contributed by atoms with E-state index in [9.17, 15) is 9.90 Å². The van der Waals surface area contributed by atoms with Gasteiger partial charge in [0.05, 0.1) is 29.6 Å². The van der Waals surface area contributed by atoms with E-state index < -0.39 is 5.97 Å². The predicted molar refractivity (Wildman–Crippen MR) is 147 cm³/mol. The Bertz CT molecular complexity index is 1530. The predicted octanol–water partition coefficient (Wildman–Crippen LogP) is 5.91. The third-order valence-electron chi connectivity index (χ3n) is 6.58. The summed E-state index contributed by atoms with van der Waals surface area (Å²) in [6, 6.07) is 18.7. The van der Waals surface area contributed by atoms with Crippen molar-refractivity contribution in [1.82, 2.24) is 9.88 Å². The van der Waals surface area contributed by atoms with E-state index in [-0.39, 0.29) is 5.88 Å². The van der Waals surface area contributed by atoms with Gasteiger partial charge in [0.2, 0.25) is 0 Å². The Morgan fingerprint density at radius 1 is 0.947 bits per heavy atom. The van der Waals surface area contributed by atoms with Gasteiger partial charge >= 0.3 is 5.97 Å². The van der Waals surface area contributed by atoms with Crippen LogP contribution in [0.15, 0.2) is 78.2 Å². The molecule has 0 saturated carbocycles. The van der Waals surface area contributed by atoms with Crippen molar-refractivity contribution in [2.45, 2.75) is 20.4 Å². The number of benzene rings is 3. The smallest absolute Gasteiger partial charge is 0.337 e. The van der Waals surface area contributed by atoms with Gasteiger partial charge in [-0.1, -0.05) is 32.0 Å². The Morgan fingerprint density at radius 3 is 2.37 bits per heavy atom. The van der Waals surface area contributed by atoms with Gasteiger partial charge in [-0.15, -0.1) is 0 Å². The van der Waals surface area contributed by atoms with Gasteiger partial charge in [-0.2, -0.15) is 0 Å². The largest absolute Gasteiger partial charge is 0.494 e. The second-order valence-corrected chi connectivity index (χ2v) is 8.86. The summed E-state index contributed by atoms with van der Waals surface area (Å²) in [7, 11) is 1.33. The minimum atomic E-state index is -0.457. The van der Waals surface area contributed by atoms with Crippen LogP contribution in [0.25, 0.3) is 10.9 Å². The number of carbonyl (C=O) groups is 1. The molecule has 2 N–H and O–H groups in total. The van der Waals surface area contributed by atoms with Crippen LogP contribution in [0, 0.1) is 0 Å². The van der Waals surface area contributed by atoms with Gasteiger partial charge in [0, 0.05) is 23.0 Å². The number of nitrogens with one attached hydrogen (secondary N) is 1. The number of aromatic hydroxyl groups is 1. The Balaban J connectivity index is 1.62. The minimum Gasteiger partial charge on any atom is -0.494 e. The number of nitrogens with zero attached hydrogens (tertiary/aromatic N) is 2. The molecule has 38 heavy (non-hydrogen) atoms. The van der Waals surface area contributed by atoms with Gasteiger partial charge < -0.3 is 24.3 Å². The lowest BCUT2D eigenvalue weighted by Gasteiger charge is -2.18. The number of carbonyl (C=O) groups excluding carboxylic acids is 1. The average Bonchev–Trinajstić information content (AvgIpc) is 3.29. The molecule has 0 atom stereocenters. The number of hydrogen-bond donors (Lipinski definition) is 2. The molecule has 1 aliphatic heterocycles. The van der Waals surface area contributed by atoms with Crippen LogP contribution in [-0.2, 0) is 11.3 Å². The number of ether oxygens (including phenoxy) is 3. The SMILES string of the molecule is CCN(CC)Cc1ccc(N=C(c2ccc3c(c2)OC=CO3)c2c(O)[nH]c3cc(C(=O)OC)ccc23)cc1. The maximum absolute atomic E-state index is 12.1. The molecule has 0 radical (unpaired) electrons. The van der Waals surface area contributed by atoms with Crippen LogP contribution in [0.2, 0.25) is 0 Å². The van der Waals surface area contributed by atoms with E-state index in [2.05, 4.69) is 35.9 Å². The molecule has 0 bridgehead atoms. The third kappa shape index (κ3) is 4.99.